The number of rotatable bonds is 0. The maximum Gasteiger partial charge on any atom is 0.127 e. The summed E-state index contributed by atoms with van der Waals surface area (Å²) in [5, 5.41) is 2.60. The zero-order valence-electron chi connectivity index (χ0n) is 15.7. The lowest BCUT2D eigenvalue weighted by Crippen LogP contribution is -2.06. The highest BCUT2D eigenvalue weighted by atomic mass is 16.5. The Morgan fingerprint density at radius 3 is 2.08 bits per heavy atom. The number of hydrogen-bond donors (Lipinski definition) is 0. The van der Waals surface area contributed by atoms with Gasteiger partial charge in [-0.1, -0.05) is 75.7 Å². The van der Waals surface area contributed by atoms with Crippen molar-refractivity contribution in [1.82, 2.24) is 0 Å². The molecule has 1 heterocycles. The fourth-order valence-corrected chi connectivity index (χ4v) is 3.04. The van der Waals surface area contributed by atoms with Gasteiger partial charge in [-0.2, -0.15) is 0 Å². The predicted molar refractivity (Wildman–Crippen MR) is 106 cm³/mol. The Kier molecular flexibility index (Phi) is 6.03. The molecule has 0 radical (unpaired) electrons. The normalized spacial score (nSPS) is 11.1. The van der Waals surface area contributed by atoms with Crippen LogP contribution in [0.3, 0.4) is 0 Å². The average molecular weight is 320 g/mol. The van der Waals surface area contributed by atoms with E-state index in [4.69, 9.17) is 4.74 Å². The third kappa shape index (κ3) is 3.31. The molecule has 1 aliphatic rings. The van der Waals surface area contributed by atoms with Gasteiger partial charge in [-0.15, -0.1) is 0 Å². The average Bonchev–Trinajstić information content (AvgIpc) is 2.64. The second kappa shape index (κ2) is 8.01. The van der Waals surface area contributed by atoms with Gasteiger partial charge in [-0.3, -0.25) is 0 Å². The molecule has 3 aromatic carbocycles. The molecule has 1 heteroatoms. The first-order valence-corrected chi connectivity index (χ1v) is 8.98. The molecule has 0 spiro atoms. The van der Waals surface area contributed by atoms with Gasteiger partial charge in [0.15, 0.2) is 0 Å². The van der Waals surface area contributed by atoms with Crippen molar-refractivity contribution in [3.8, 4) is 16.9 Å². The fourth-order valence-electron chi connectivity index (χ4n) is 3.04. The molecule has 3 aromatic rings. The van der Waals surface area contributed by atoms with Crippen molar-refractivity contribution in [1.29, 1.82) is 0 Å². The van der Waals surface area contributed by atoms with Crippen molar-refractivity contribution >= 4 is 10.8 Å². The Hall–Kier alpha value is -2.28. The van der Waals surface area contributed by atoms with Crippen LogP contribution in [0.2, 0.25) is 0 Å². The Morgan fingerprint density at radius 1 is 0.708 bits per heavy atom. The van der Waals surface area contributed by atoms with E-state index in [1.54, 1.807) is 0 Å². The molecular formula is C23H28O. The summed E-state index contributed by atoms with van der Waals surface area (Å²) in [4.78, 5) is 0. The van der Waals surface area contributed by atoms with Crippen LogP contribution in [0, 0.1) is 13.8 Å². The van der Waals surface area contributed by atoms with E-state index in [0.717, 1.165) is 5.75 Å². The zero-order valence-corrected chi connectivity index (χ0v) is 15.7. The Labute approximate surface area is 146 Å². The molecule has 0 N–H and O–H groups in total. The Bertz CT molecular complexity index is 831. The summed E-state index contributed by atoms with van der Waals surface area (Å²) in [6, 6.07) is 17.5. The number of hydrogen-bond acceptors (Lipinski definition) is 1. The summed E-state index contributed by atoms with van der Waals surface area (Å²) >= 11 is 0. The van der Waals surface area contributed by atoms with Crippen molar-refractivity contribution in [2.45, 2.75) is 48.1 Å². The minimum atomic E-state index is 0.659. The van der Waals surface area contributed by atoms with E-state index in [0.29, 0.717) is 6.61 Å². The molecule has 1 aliphatic heterocycles. The van der Waals surface area contributed by atoms with Crippen molar-refractivity contribution in [2.75, 3.05) is 0 Å². The van der Waals surface area contributed by atoms with Gasteiger partial charge in [0.25, 0.3) is 0 Å². The molecule has 0 saturated heterocycles. The summed E-state index contributed by atoms with van der Waals surface area (Å²) in [5.74, 6) is 1.00. The van der Waals surface area contributed by atoms with Crippen LogP contribution in [0.4, 0.5) is 0 Å². The van der Waals surface area contributed by atoms with Gasteiger partial charge < -0.3 is 4.74 Å². The van der Waals surface area contributed by atoms with Gasteiger partial charge in [0.05, 0.1) is 0 Å². The topological polar surface area (TPSA) is 9.23 Å². The molecule has 0 amide bonds. The van der Waals surface area contributed by atoms with Gasteiger partial charge in [0.1, 0.15) is 12.4 Å². The summed E-state index contributed by atoms with van der Waals surface area (Å²) in [6.45, 7) is 12.9. The van der Waals surface area contributed by atoms with Crippen molar-refractivity contribution < 1.29 is 4.74 Å². The third-order valence-corrected chi connectivity index (χ3v) is 4.09. The minimum Gasteiger partial charge on any atom is -0.488 e. The van der Waals surface area contributed by atoms with Crippen LogP contribution < -0.4 is 4.74 Å². The van der Waals surface area contributed by atoms with Crippen LogP contribution >= 0.6 is 0 Å². The predicted octanol–water partition coefficient (Wildman–Crippen LogP) is 7.07. The van der Waals surface area contributed by atoms with Gasteiger partial charge in [0, 0.05) is 11.1 Å². The highest BCUT2D eigenvalue weighted by Crippen LogP contribution is 2.40. The van der Waals surface area contributed by atoms with E-state index in [-0.39, 0.29) is 0 Å². The highest BCUT2D eigenvalue weighted by molar-refractivity contribution is 5.93. The molecule has 0 aliphatic carbocycles. The molecule has 4 rings (SSSR count). The molecular weight excluding hydrogens is 292 g/mol. The van der Waals surface area contributed by atoms with Crippen LogP contribution in [0.15, 0.2) is 48.5 Å². The van der Waals surface area contributed by atoms with E-state index >= 15 is 0 Å². The van der Waals surface area contributed by atoms with Crippen molar-refractivity contribution in [3.63, 3.8) is 0 Å². The smallest absolute Gasteiger partial charge is 0.127 e. The molecule has 126 valence electrons. The first kappa shape index (κ1) is 18.1. The number of fused-ring (bicyclic) bond motifs is 5. The molecule has 0 unspecified atom stereocenters. The van der Waals surface area contributed by atoms with Gasteiger partial charge in [-0.25, -0.2) is 0 Å². The van der Waals surface area contributed by atoms with Crippen molar-refractivity contribution in [3.05, 3.63) is 65.2 Å². The Balaban J connectivity index is 0.000000487. The van der Waals surface area contributed by atoms with E-state index in [9.17, 15) is 0 Å². The van der Waals surface area contributed by atoms with Crippen LogP contribution in [-0.4, -0.2) is 0 Å². The quantitative estimate of drug-likeness (QED) is 0.430. The molecule has 0 aromatic heterocycles. The van der Waals surface area contributed by atoms with Crippen LogP contribution in [0.25, 0.3) is 21.9 Å². The maximum absolute atomic E-state index is 5.97. The summed E-state index contributed by atoms with van der Waals surface area (Å²) < 4.78 is 5.97. The Morgan fingerprint density at radius 2 is 1.33 bits per heavy atom. The van der Waals surface area contributed by atoms with Gasteiger partial charge in [0.2, 0.25) is 0 Å². The van der Waals surface area contributed by atoms with Crippen LogP contribution in [0.5, 0.6) is 5.75 Å². The molecule has 0 bridgehead atoms. The summed E-state index contributed by atoms with van der Waals surface area (Å²) in [7, 11) is 0. The van der Waals surface area contributed by atoms with E-state index in [2.05, 4.69) is 62.4 Å². The lowest BCUT2D eigenvalue weighted by Gasteiger charge is -2.22. The second-order valence-electron chi connectivity index (χ2n) is 5.60. The lowest BCUT2D eigenvalue weighted by atomic mass is 9.91. The van der Waals surface area contributed by atoms with Crippen LogP contribution in [0.1, 0.15) is 44.4 Å². The second-order valence-corrected chi connectivity index (χ2v) is 5.60. The van der Waals surface area contributed by atoms with Crippen molar-refractivity contribution in [2.24, 2.45) is 0 Å². The SMILES string of the molecule is CC.CC.Cc1ccc2c(c1)OCc1c-2ccc2cc(C)ccc12. The molecule has 0 fully saturated rings. The number of aryl methyl sites for hydroxylation is 2. The lowest BCUT2D eigenvalue weighted by molar-refractivity contribution is 0.303. The largest absolute Gasteiger partial charge is 0.488 e. The molecule has 0 saturated carbocycles. The minimum absolute atomic E-state index is 0.659. The fraction of sp³-hybridized carbons (Fsp3) is 0.304. The van der Waals surface area contributed by atoms with Gasteiger partial charge in [-0.05, 0) is 41.8 Å². The number of benzene rings is 3. The first-order valence-electron chi connectivity index (χ1n) is 8.98. The molecule has 1 nitrogen and oxygen atoms in total. The van der Waals surface area contributed by atoms with E-state index in [1.807, 2.05) is 27.7 Å². The maximum atomic E-state index is 5.97. The summed E-state index contributed by atoms with van der Waals surface area (Å²) in [5.41, 5.74) is 6.36. The van der Waals surface area contributed by atoms with E-state index < -0.39 is 0 Å². The standard InChI is InChI=1S/C19H16O.2C2H6/c1-12-3-6-15-14(9-12)5-8-16-17-7-4-13(2)10-19(17)20-11-18(15)16;2*1-2/h3-10H,11H2,1-2H3;2*1-2H3. The highest BCUT2D eigenvalue weighted by Gasteiger charge is 2.19. The van der Waals surface area contributed by atoms with Crippen LogP contribution in [-0.2, 0) is 6.61 Å². The summed E-state index contributed by atoms with van der Waals surface area (Å²) in [6.07, 6.45) is 0. The first-order chi connectivity index (χ1) is 11.7. The third-order valence-electron chi connectivity index (χ3n) is 4.09. The zero-order chi connectivity index (χ0) is 17.7. The van der Waals surface area contributed by atoms with Gasteiger partial charge >= 0.3 is 0 Å². The van der Waals surface area contributed by atoms with E-state index in [1.165, 1.54) is 38.6 Å². The molecule has 24 heavy (non-hydrogen) atoms. The monoisotopic (exact) mass is 320 g/mol. The number of ether oxygens (including phenoxy) is 1. The molecule has 0 atom stereocenters.